The third-order valence-electron chi connectivity index (χ3n) is 3.73. The van der Waals surface area contributed by atoms with Gasteiger partial charge in [-0.05, 0) is 28.8 Å². The Kier molecular flexibility index (Phi) is 2.80. The number of aromatic nitrogens is 2. The van der Waals surface area contributed by atoms with Gasteiger partial charge in [-0.1, -0.05) is 31.0 Å². The molecule has 18 heavy (non-hydrogen) atoms. The molecule has 0 spiro atoms. The van der Waals surface area contributed by atoms with Crippen molar-refractivity contribution in [1.82, 2.24) is 10.2 Å². The first kappa shape index (κ1) is 11.6. The van der Waals surface area contributed by atoms with Gasteiger partial charge in [0.15, 0.2) is 0 Å². The molecule has 1 saturated carbocycles. The molecule has 0 aliphatic heterocycles. The van der Waals surface area contributed by atoms with Crippen molar-refractivity contribution in [3.63, 3.8) is 0 Å². The van der Waals surface area contributed by atoms with E-state index in [9.17, 15) is 4.79 Å². The van der Waals surface area contributed by atoms with Crippen molar-refractivity contribution < 1.29 is 4.79 Å². The zero-order chi connectivity index (χ0) is 12.6. The lowest BCUT2D eigenvalue weighted by Crippen LogP contribution is -2.19. The van der Waals surface area contributed by atoms with E-state index in [4.69, 9.17) is 0 Å². The highest BCUT2D eigenvalue weighted by Gasteiger charge is 2.37. The predicted molar refractivity (Wildman–Crippen MR) is 72.1 cm³/mol. The number of nitrogens with zero attached hydrogens (tertiary/aromatic N) is 2. The number of carbonyl (C=O) groups excluding carboxylic acids is 1. The number of rotatable bonds is 2. The SMILES string of the molecule is O=C=NC1(c2cccc3c(Br)[nH]nc23)CCCC1. The molecule has 5 heteroatoms. The van der Waals surface area contributed by atoms with Crippen LogP contribution in [0.4, 0.5) is 0 Å². The molecular formula is C13H12BrN3O. The molecule has 1 N–H and O–H groups in total. The van der Waals surface area contributed by atoms with Gasteiger partial charge in [0, 0.05) is 10.9 Å². The average molecular weight is 306 g/mol. The van der Waals surface area contributed by atoms with Gasteiger partial charge in [-0.25, -0.2) is 4.79 Å². The molecule has 1 fully saturated rings. The fourth-order valence-corrected chi connectivity index (χ4v) is 3.28. The zero-order valence-corrected chi connectivity index (χ0v) is 11.3. The Morgan fingerprint density at radius 2 is 2.17 bits per heavy atom. The number of halogens is 1. The Morgan fingerprint density at radius 1 is 1.39 bits per heavy atom. The van der Waals surface area contributed by atoms with Gasteiger partial charge in [0.2, 0.25) is 6.08 Å². The molecule has 1 aliphatic carbocycles. The van der Waals surface area contributed by atoms with E-state index in [2.05, 4.69) is 31.1 Å². The molecule has 0 unspecified atom stereocenters. The van der Waals surface area contributed by atoms with E-state index in [0.29, 0.717) is 0 Å². The van der Waals surface area contributed by atoms with E-state index in [0.717, 1.165) is 46.8 Å². The zero-order valence-electron chi connectivity index (χ0n) is 9.74. The van der Waals surface area contributed by atoms with Gasteiger partial charge in [-0.15, -0.1) is 0 Å². The molecule has 0 amide bonds. The first-order valence-corrected chi connectivity index (χ1v) is 6.78. The molecule has 2 aromatic rings. The van der Waals surface area contributed by atoms with E-state index in [-0.39, 0.29) is 0 Å². The molecule has 0 bridgehead atoms. The summed E-state index contributed by atoms with van der Waals surface area (Å²) in [7, 11) is 0. The van der Waals surface area contributed by atoms with Crippen LogP contribution in [0.5, 0.6) is 0 Å². The Labute approximate surface area is 113 Å². The largest absolute Gasteiger partial charge is 0.270 e. The Hall–Kier alpha value is -1.45. The van der Waals surface area contributed by atoms with Crippen molar-refractivity contribution in [3.8, 4) is 0 Å². The van der Waals surface area contributed by atoms with Gasteiger partial charge < -0.3 is 0 Å². The molecule has 1 aromatic carbocycles. The molecule has 92 valence electrons. The van der Waals surface area contributed by atoms with Gasteiger partial charge in [0.1, 0.15) is 10.1 Å². The van der Waals surface area contributed by atoms with Gasteiger partial charge in [0.05, 0.1) is 5.52 Å². The molecule has 1 heterocycles. The van der Waals surface area contributed by atoms with Crippen molar-refractivity contribution >= 4 is 32.9 Å². The third kappa shape index (κ3) is 1.62. The van der Waals surface area contributed by atoms with E-state index < -0.39 is 5.54 Å². The van der Waals surface area contributed by atoms with Gasteiger partial charge in [-0.2, -0.15) is 10.1 Å². The minimum atomic E-state index is -0.421. The van der Waals surface area contributed by atoms with Crippen LogP contribution >= 0.6 is 15.9 Å². The van der Waals surface area contributed by atoms with Crippen LogP contribution in [0.25, 0.3) is 10.9 Å². The summed E-state index contributed by atoms with van der Waals surface area (Å²) in [4.78, 5) is 14.9. The van der Waals surface area contributed by atoms with Crippen LogP contribution in [0.3, 0.4) is 0 Å². The van der Waals surface area contributed by atoms with Crippen LogP contribution in [0.2, 0.25) is 0 Å². The summed E-state index contributed by atoms with van der Waals surface area (Å²) in [5, 5.41) is 8.28. The van der Waals surface area contributed by atoms with Crippen LogP contribution < -0.4 is 0 Å². The second-order valence-electron chi connectivity index (χ2n) is 4.68. The quantitative estimate of drug-likeness (QED) is 0.682. The molecule has 0 saturated heterocycles. The van der Waals surface area contributed by atoms with E-state index in [1.54, 1.807) is 6.08 Å². The number of isocyanates is 1. The lowest BCUT2D eigenvalue weighted by molar-refractivity contribution is 0.459. The fourth-order valence-electron chi connectivity index (χ4n) is 2.87. The predicted octanol–water partition coefficient (Wildman–Crippen LogP) is 3.43. The standard InChI is InChI=1S/C13H12BrN3O/c14-12-9-4-3-5-10(11(9)16-17-12)13(15-8-18)6-1-2-7-13/h3-5H,1-2,6-7H2,(H,16,17). The number of aromatic amines is 1. The second-order valence-corrected chi connectivity index (χ2v) is 5.47. The summed E-state index contributed by atoms with van der Waals surface area (Å²) in [6.07, 6.45) is 5.72. The average Bonchev–Trinajstić information content (AvgIpc) is 2.98. The molecule has 4 nitrogen and oxygen atoms in total. The summed E-state index contributed by atoms with van der Waals surface area (Å²) in [6, 6.07) is 6.00. The van der Waals surface area contributed by atoms with Gasteiger partial charge in [0.25, 0.3) is 0 Å². The number of fused-ring (bicyclic) bond motifs is 1. The number of nitrogens with one attached hydrogen (secondary N) is 1. The van der Waals surface area contributed by atoms with Crippen molar-refractivity contribution in [2.24, 2.45) is 4.99 Å². The second kappa shape index (κ2) is 4.34. The molecule has 1 aromatic heterocycles. The highest BCUT2D eigenvalue weighted by molar-refractivity contribution is 9.10. The Morgan fingerprint density at radius 3 is 2.89 bits per heavy atom. The van der Waals surface area contributed by atoms with E-state index in [1.165, 1.54) is 0 Å². The Bertz CT molecular complexity index is 637. The topological polar surface area (TPSA) is 58.1 Å². The molecular weight excluding hydrogens is 294 g/mol. The minimum Gasteiger partial charge on any atom is -0.270 e. The number of hydrogen-bond donors (Lipinski definition) is 1. The maximum absolute atomic E-state index is 10.8. The van der Waals surface area contributed by atoms with Crippen molar-refractivity contribution in [2.45, 2.75) is 31.2 Å². The van der Waals surface area contributed by atoms with Crippen LogP contribution in [0, 0.1) is 0 Å². The van der Waals surface area contributed by atoms with Crippen LogP contribution in [0.15, 0.2) is 27.8 Å². The maximum atomic E-state index is 10.8. The van der Waals surface area contributed by atoms with Crippen LogP contribution in [-0.4, -0.2) is 16.3 Å². The molecule has 0 atom stereocenters. The number of aliphatic imine (C=N–C) groups is 1. The normalized spacial score (nSPS) is 17.8. The number of para-hydroxylation sites is 1. The minimum absolute atomic E-state index is 0.421. The Balaban J connectivity index is 2.27. The summed E-state index contributed by atoms with van der Waals surface area (Å²) < 4.78 is 0.863. The van der Waals surface area contributed by atoms with Gasteiger partial charge in [-0.3, -0.25) is 5.10 Å². The van der Waals surface area contributed by atoms with Crippen molar-refractivity contribution in [2.75, 3.05) is 0 Å². The lowest BCUT2D eigenvalue weighted by atomic mass is 9.87. The highest BCUT2D eigenvalue weighted by atomic mass is 79.9. The van der Waals surface area contributed by atoms with E-state index >= 15 is 0 Å². The fraction of sp³-hybridized carbons (Fsp3) is 0.385. The van der Waals surface area contributed by atoms with Crippen molar-refractivity contribution in [3.05, 3.63) is 28.4 Å². The maximum Gasteiger partial charge on any atom is 0.235 e. The smallest absolute Gasteiger partial charge is 0.235 e. The summed E-state index contributed by atoms with van der Waals surface area (Å²) >= 11 is 3.44. The van der Waals surface area contributed by atoms with E-state index in [1.807, 2.05) is 18.2 Å². The highest BCUT2D eigenvalue weighted by Crippen LogP contribution is 2.44. The molecule has 3 rings (SSSR count). The monoisotopic (exact) mass is 305 g/mol. The number of hydrogen-bond acceptors (Lipinski definition) is 3. The first-order valence-electron chi connectivity index (χ1n) is 5.99. The lowest BCUT2D eigenvalue weighted by Gasteiger charge is -2.22. The van der Waals surface area contributed by atoms with Gasteiger partial charge >= 0.3 is 0 Å². The molecule has 1 aliphatic rings. The summed E-state index contributed by atoms with van der Waals surface area (Å²) in [5.41, 5.74) is 1.50. The van der Waals surface area contributed by atoms with Crippen LogP contribution in [-0.2, 0) is 10.3 Å². The summed E-state index contributed by atoms with van der Waals surface area (Å²) in [6.45, 7) is 0. The third-order valence-corrected chi connectivity index (χ3v) is 4.33. The van der Waals surface area contributed by atoms with Crippen molar-refractivity contribution in [1.29, 1.82) is 0 Å². The number of benzene rings is 1. The first-order chi connectivity index (χ1) is 8.77. The van der Waals surface area contributed by atoms with Crippen LogP contribution in [0.1, 0.15) is 31.2 Å². The number of H-pyrrole nitrogens is 1. The molecule has 0 radical (unpaired) electrons. The summed E-state index contributed by atoms with van der Waals surface area (Å²) in [5.74, 6) is 0.